The minimum absolute atomic E-state index is 1.05. The molecule has 19 heavy (non-hydrogen) atoms. The van der Waals surface area contributed by atoms with Crippen LogP contribution >= 0.6 is 0 Å². The SMILES string of the molecule is C=C/C=C(C(\C)=C/C)/C(/C=C\CC)=C/C=C\C.CC. The van der Waals surface area contributed by atoms with E-state index >= 15 is 0 Å². The zero-order valence-electron chi connectivity index (χ0n) is 13.5. The topological polar surface area (TPSA) is 0 Å². The summed E-state index contributed by atoms with van der Waals surface area (Å²) in [6.07, 6.45) is 17.6. The van der Waals surface area contributed by atoms with Crippen LogP contribution in [0, 0.1) is 0 Å². The molecular formula is C19H30. The zero-order chi connectivity index (χ0) is 15.1. The van der Waals surface area contributed by atoms with Gasteiger partial charge in [-0.3, -0.25) is 0 Å². The molecule has 0 aromatic heterocycles. The maximum atomic E-state index is 3.79. The van der Waals surface area contributed by atoms with Gasteiger partial charge in [0.1, 0.15) is 0 Å². The van der Waals surface area contributed by atoms with E-state index < -0.39 is 0 Å². The molecule has 0 radical (unpaired) electrons. The summed E-state index contributed by atoms with van der Waals surface area (Å²) in [6, 6.07) is 0. The highest BCUT2D eigenvalue weighted by atomic mass is 14.1. The Hall–Kier alpha value is -1.56. The van der Waals surface area contributed by atoms with E-state index in [1.54, 1.807) is 0 Å². The average molecular weight is 258 g/mol. The van der Waals surface area contributed by atoms with Gasteiger partial charge in [0, 0.05) is 0 Å². The predicted octanol–water partition coefficient (Wildman–Crippen LogP) is 6.56. The smallest absolute Gasteiger partial charge is 0.0158 e. The Bertz CT molecular complexity index is 371. The van der Waals surface area contributed by atoms with Crippen LogP contribution in [0.4, 0.5) is 0 Å². The minimum atomic E-state index is 1.05. The largest absolute Gasteiger partial charge is 0.0990 e. The maximum absolute atomic E-state index is 3.79. The molecule has 0 fully saturated rings. The first-order valence-electron chi connectivity index (χ1n) is 7.17. The van der Waals surface area contributed by atoms with E-state index in [1.807, 2.05) is 32.9 Å². The highest BCUT2D eigenvalue weighted by molar-refractivity contribution is 5.53. The van der Waals surface area contributed by atoms with Crippen LogP contribution in [0.1, 0.15) is 48.0 Å². The lowest BCUT2D eigenvalue weighted by Crippen LogP contribution is -1.89. The third-order valence-corrected chi connectivity index (χ3v) is 2.45. The van der Waals surface area contributed by atoms with Gasteiger partial charge in [-0.05, 0) is 43.9 Å². The van der Waals surface area contributed by atoms with Gasteiger partial charge in [0.2, 0.25) is 0 Å². The molecule has 0 saturated heterocycles. The summed E-state index contributed by atoms with van der Waals surface area (Å²) in [7, 11) is 0. The molecule has 0 spiro atoms. The summed E-state index contributed by atoms with van der Waals surface area (Å²) in [5.74, 6) is 0. The van der Waals surface area contributed by atoms with Crippen LogP contribution in [0.3, 0.4) is 0 Å². The van der Waals surface area contributed by atoms with Crippen molar-refractivity contribution >= 4 is 0 Å². The average Bonchev–Trinajstić information content (AvgIpc) is 2.47. The summed E-state index contributed by atoms with van der Waals surface area (Å²) in [4.78, 5) is 0. The molecule has 0 nitrogen and oxygen atoms in total. The van der Waals surface area contributed by atoms with Crippen LogP contribution in [-0.2, 0) is 0 Å². The first kappa shape index (κ1) is 19.8. The molecule has 0 aliphatic rings. The monoisotopic (exact) mass is 258 g/mol. The fourth-order valence-electron chi connectivity index (χ4n) is 1.41. The van der Waals surface area contributed by atoms with Crippen LogP contribution in [0.2, 0.25) is 0 Å². The Morgan fingerprint density at radius 2 is 1.74 bits per heavy atom. The third kappa shape index (κ3) is 9.07. The first-order chi connectivity index (χ1) is 9.21. The van der Waals surface area contributed by atoms with Crippen molar-refractivity contribution in [1.82, 2.24) is 0 Å². The molecule has 0 saturated carbocycles. The Kier molecular flexibility index (Phi) is 15.1. The van der Waals surface area contributed by atoms with Crippen molar-refractivity contribution < 1.29 is 0 Å². The highest BCUT2D eigenvalue weighted by Gasteiger charge is 2.02. The van der Waals surface area contributed by atoms with Crippen molar-refractivity contribution in [1.29, 1.82) is 0 Å². The quantitative estimate of drug-likeness (QED) is 0.473. The molecule has 0 atom stereocenters. The molecule has 0 aromatic rings. The number of hydrogen-bond acceptors (Lipinski definition) is 0. The highest BCUT2D eigenvalue weighted by Crippen LogP contribution is 2.21. The summed E-state index contributed by atoms with van der Waals surface area (Å²) in [5.41, 5.74) is 3.71. The van der Waals surface area contributed by atoms with Crippen molar-refractivity contribution in [3.63, 3.8) is 0 Å². The van der Waals surface area contributed by atoms with E-state index in [0.29, 0.717) is 0 Å². The van der Waals surface area contributed by atoms with E-state index in [-0.39, 0.29) is 0 Å². The van der Waals surface area contributed by atoms with Gasteiger partial charge < -0.3 is 0 Å². The van der Waals surface area contributed by atoms with Crippen LogP contribution in [0.15, 0.2) is 71.9 Å². The fourth-order valence-corrected chi connectivity index (χ4v) is 1.41. The Morgan fingerprint density at radius 1 is 1.11 bits per heavy atom. The third-order valence-electron chi connectivity index (χ3n) is 2.45. The van der Waals surface area contributed by atoms with E-state index in [0.717, 1.165) is 6.42 Å². The Balaban J connectivity index is 0. The zero-order valence-corrected chi connectivity index (χ0v) is 13.5. The normalized spacial score (nSPS) is 13.7. The van der Waals surface area contributed by atoms with Crippen molar-refractivity contribution in [2.45, 2.75) is 48.0 Å². The van der Waals surface area contributed by atoms with Gasteiger partial charge >= 0.3 is 0 Å². The van der Waals surface area contributed by atoms with E-state index in [1.165, 1.54) is 16.7 Å². The van der Waals surface area contributed by atoms with E-state index in [4.69, 9.17) is 0 Å². The number of rotatable bonds is 6. The van der Waals surface area contributed by atoms with Gasteiger partial charge in [-0.1, -0.05) is 76.0 Å². The van der Waals surface area contributed by atoms with Gasteiger partial charge in [0.15, 0.2) is 0 Å². The molecule has 106 valence electrons. The van der Waals surface area contributed by atoms with E-state index in [2.05, 4.69) is 63.8 Å². The first-order valence-corrected chi connectivity index (χ1v) is 7.17. The number of hydrogen-bond donors (Lipinski definition) is 0. The van der Waals surface area contributed by atoms with Gasteiger partial charge in [-0.2, -0.15) is 0 Å². The lowest BCUT2D eigenvalue weighted by atomic mass is 9.97. The molecule has 0 aliphatic heterocycles. The minimum Gasteiger partial charge on any atom is -0.0990 e. The standard InChI is InChI=1S/C17H24.C2H6/c1-6-10-13-16(14-11-7-2)17(12-8-3)15(5)9-4;1-2/h6,8-14H,3,7H2,1-2,4-5H3;1-2H3/b10-6-,14-11-,15-9-,16-13+,17-12+;. The molecule has 0 aromatic carbocycles. The van der Waals surface area contributed by atoms with Crippen LogP contribution in [0.5, 0.6) is 0 Å². The summed E-state index contributed by atoms with van der Waals surface area (Å²) < 4.78 is 0. The lowest BCUT2D eigenvalue weighted by Gasteiger charge is -2.08. The van der Waals surface area contributed by atoms with Crippen molar-refractivity contribution in [3.05, 3.63) is 71.9 Å². The molecule has 0 rings (SSSR count). The second-order valence-electron chi connectivity index (χ2n) is 3.75. The van der Waals surface area contributed by atoms with Gasteiger partial charge in [0.25, 0.3) is 0 Å². The van der Waals surface area contributed by atoms with Crippen LogP contribution in [0.25, 0.3) is 0 Å². The summed E-state index contributed by atoms with van der Waals surface area (Å²) >= 11 is 0. The lowest BCUT2D eigenvalue weighted by molar-refractivity contribution is 1.22. The number of allylic oxidation sites excluding steroid dienone is 11. The molecule has 0 heterocycles. The second kappa shape index (κ2) is 14.5. The maximum Gasteiger partial charge on any atom is -0.0158 e. The van der Waals surface area contributed by atoms with Gasteiger partial charge in [-0.25, -0.2) is 0 Å². The Labute approximate surface area is 120 Å². The predicted molar refractivity (Wildman–Crippen MR) is 91.4 cm³/mol. The fraction of sp³-hybridized carbons (Fsp3) is 0.368. The molecule has 0 heteroatoms. The molecule has 0 amide bonds. The van der Waals surface area contributed by atoms with E-state index in [9.17, 15) is 0 Å². The van der Waals surface area contributed by atoms with Crippen LogP contribution in [-0.4, -0.2) is 0 Å². The Morgan fingerprint density at radius 3 is 2.16 bits per heavy atom. The molecule has 0 bridgehead atoms. The van der Waals surface area contributed by atoms with Crippen molar-refractivity contribution in [2.75, 3.05) is 0 Å². The molecule has 0 aliphatic carbocycles. The molecule has 0 N–H and O–H groups in total. The molecular weight excluding hydrogens is 228 g/mol. The van der Waals surface area contributed by atoms with Crippen molar-refractivity contribution in [3.8, 4) is 0 Å². The summed E-state index contributed by atoms with van der Waals surface area (Å²) in [6.45, 7) is 16.1. The summed E-state index contributed by atoms with van der Waals surface area (Å²) in [5, 5.41) is 0. The molecule has 0 unspecified atom stereocenters. The van der Waals surface area contributed by atoms with Gasteiger partial charge in [-0.15, -0.1) is 0 Å². The second-order valence-corrected chi connectivity index (χ2v) is 3.75. The van der Waals surface area contributed by atoms with Crippen molar-refractivity contribution in [2.24, 2.45) is 0 Å². The van der Waals surface area contributed by atoms with Gasteiger partial charge in [0.05, 0.1) is 0 Å². The van der Waals surface area contributed by atoms with Crippen LogP contribution < -0.4 is 0 Å².